The third-order valence-electron chi connectivity index (χ3n) is 3.73. The van der Waals surface area contributed by atoms with E-state index >= 15 is 0 Å². The Hall–Kier alpha value is -1.52. The van der Waals surface area contributed by atoms with E-state index in [4.69, 9.17) is 5.73 Å². The number of hydrogen-bond acceptors (Lipinski definition) is 2. The normalized spacial score (nSPS) is 23.9. The zero-order chi connectivity index (χ0) is 13.3. The summed E-state index contributed by atoms with van der Waals surface area (Å²) in [6.07, 6.45) is 3.83. The van der Waals surface area contributed by atoms with E-state index in [0.29, 0.717) is 0 Å². The molecule has 0 spiro atoms. The number of nitrogens with zero attached hydrogens (tertiary/aromatic N) is 1. The fourth-order valence-electron chi connectivity index (χ4n) is 2.80. The molecule has 1 heterocycles. The van der Waals surface area contributed by atoms with E-state index in [1.54, 1.807) is 0 Å². The van der Waals surface area contributed by atoms with Crippen molar-refractivity contribution in [1.82, 2.24) is 4.98 Å². The topological polar surface area (TPSA) is 56.0 Å². The fourth-order valence-corrected chi connectivity index (χ4v) is 2.80. The quantitative estimate of drug-likeness (QED) is 0.825. The second-order valence-electron chi connectivity index (χ2n) is 4.93. The minimum atomic E-state index is -1.01. The first-order valence-electron chi connectivity index (χ1n) is 6.16. The zero-order valence-corrected chi connectivity index (χ0v) is 10.2. The first-order chi connectivity index (χ1) is 8.50. The van der Waals surface area contributed by atoms with Crippen LogP contribution in [0.5, 0.6) is 0 Å². The molecule has 3 nitrogen and oxygen atoms in total. The van der Waals surface area contributed by atoms with Gasteiger partial charge in [0.05, 0.1) is 5.56 Å². The maximum absolute atomic E-state index is 13.9. The van der Waals surface area contributed by atoms with Gasteiger partial charge in [0.2, 0.25) is 17.8 Å². The maximum Gasteiger partial charge on any atom is 0.249 e. The SMILES string of the molecule is CC1CCCCC1c1c(C(N)=O)cc(F)nc1F. The van der Waals surface area contributed by atoms with E-state index in [1.165, 1.54) is 0 Å². The first kappa shape index (κ1) is 12.9. The predicted molar refractivity (Wildman–Crippen MR) is 63.0 cm³/mol. The largest absolute Gasteiger partial charge is 0.366 e. The van der Waals surface area contributed by atoms with E-state index in [2.05, 4.69) is 4.98 Å². The lowest BCUT2D eigenvalue weighted by Crippen LogP contribution is -2.23. The lowest BCUT2D eigenvalue weighted by Gasteiger charge is -2.30. The molecule has 5 heteroatoms. The van der Waals surface area contributed by atoms with Gasteiger partial charge in [0.1, 0.15) is 0 Å². The molecule has 1 fully saturated rings. The molecule has 1 saturated carbocycles. The van der Waals surface area contributed by atoms with Crippen LogP contribution in [0.1, 0.15) is 54.4 Å². The molecule has 2 atom stereocenters. The van der Waals surface area contributed by atoms with Crippen molar-refractivity contribution < 1.29 is 13.6 Å². The second-order valence-corrected chi connectivity index (χ2v) is 4.93. The van der Waals surface area contributed by atoms with Crippen molar-refractivity contribution in [1.29, 1.82) is 0 Å². The number of rotatable bonds is 2. The van der Waals surface area contributed by atoms with Crippen LogP contribution in [-0.2, 0) is 0 Å². The van der Waals surface area contributed by atoms with Crippen LogP contribution < -0.4 is 5.73 Å². The van der Waals surface area contributed by atoms with Gasteiger partial charge in [-0.2, -0.15) is 13.8 Å². The van der Waals surface area contributed by atoms with Gasteiger partial charge in [-0.15, -0.1) is 0 Å². The number of carbonyl (C=O) groups is 1. The Kier molecular flexibility index (Phi) is 3.59. The molecule has 0 aliphatic heterocycles. The number of amides is 1. The molecule has 0 aromatic carbocycles. The van der Waals surface area contributed by atoms with Crippen molar-refractivity contribution in [2.75, 3.05) is 0 Å². The molecule has 1 amide bonds. The fraction of sp³-hybridized carbons (Fsp3) is 0.538. The Labute approximate surface area is 104 Å². The van der Waals surface area contributed by atoms with E-state index in [9.17, 15) is 13.6 Å². The van der Waals surface area contributed by atoms with Gasteiger partial charge in [-0.1, -0.05) is 26.2 Å². The standard InChI is InChI=1S/C13H16F2N2O/c1-7-4-2-3-5-8(7)11-9(13(16)18)6-10(14)17-12(11)15/h6-8H,2-5H2,1H3,(H2,16,18). The highest BCUT2D eigenvalue weighted by Gasteiger charge is 2.30. The minimum Gasteiger partial charge on any atom is -0.366 e. The van der Waals surface area contributed by atoms with Crippen LogP contribution in [0.4, 0.5) is 8.78 Å². The highest BCUT2D eigenvalue weighted by molar-refractivity contribution is 5.94. The summed E-state index contributed by atoms with van der Waals surface area (Å²) in [5.41, 5.74) is 5.32. The number of hydrogen-bond donors (Lipinski definition) is 1. The van der Waals surface area contributed by atoms with Crippen LogP contribution >= 0.6 is 0 Å². The average molecular weight is 254 g/mol. The predicted octanol–water partition coefficient (Wildman–Crippen LogP) is 2.75. The van der Waals surface area contributed by atoms with Gasteiger partial charge in [0.15, 0.2) is 0 Å². The molecule has 1 aromatic rings. The van der Waals surface area contributed by atoms with Crippen LogP contribution in [0.2, 0.25) is 0 Å². The molecule has 1 aliphatic carbocycles. The molecule has 0 saturated heterocycles. The molecule has 0 radical (unpaired) electrons. The summed E-state index contributed by atoms with van der Waals surface area (Å²) in [6.45, 7) is 2.01. The number of carbonyl (C=O) groups excluding carboxylic acids is 1. The number of halogens is 2. The van der Waals surface area contributed by atoms with Gasteiger partial charge >= 0.3 is 0 Å². The van der Waals surface area contributed by atoms with Crippen LogP contribution in [0, 0.1) is 17.8 Å². The molecular formula is C13H16F2N2O. The molecule has 1 aromatic heterocycles. The summed E-state index contributed by atoms with van der Waals surface area (Å²) in [5, 5.41) is 0. The van der Waals surface area contributed by atoms with Crippen LogP contribution in [0.25, 0.3) is 0 Å². The highest BCUT2D eigenvalue weighted by atomic mass is 19.1. The van der Waals surface area contributed by atoms with E-state index in [1.807, 2.05) is 6.92 Å². The summed E-state index contributed by atoms with van der Waals surface area (Å²) in [7, 11) is 0. The Balaban J connectivity index is 2.51. The second kappa shape index (κ2) is 5.00. The van der Waals surface area contributed by atoms with Crippen molar-refractivity contribution in [2.45, 2.75) is 38.5 Å². The highest BCUT2D eigenvalue weighted by Crippen LogP contribution is 2.39. The van der Waals surface area contributed by atoms with E-state index in [0.717, 1.165) is 31.7 Å². The summed E-state index contributed by atoms with van der Waals surface area (Å²) in [5.74, 6) is -2.56. The van der Waals surface area contributed by atoms with Gasteiger partial charge in [0, 0.05) is 11.6 Å². The van der Waals surface area contributed by atoms with Crippen LogP contribution in [0.3, 0.4) is 0 Å². The molecule has 18 heavy (non-hydrogen) atoms. The maximum atomic E-state index is 13.9. The smallest absolute Gasteiger partial charge is 0.249 e. The molecule has 2 unspecified atom stereocenters. The molecule has 98 valence electrons. The minimum absolute atomic E-state index is 0.0706. The van der Waals surface area contributed by atoms with Crippen LogP contribution in [-0.4, -0.2) is 10.9 Å². The lowest BCUT2D eigenvalue weighted by molar-refractivity contribution is 0.0996. The van der Waals surface area contributed by atoms with Crippen molar-refractivity contribution in [2.24, 2.45) is 11.7 Å². The van der Waals surface area contributed by atoms with Gasteiger partial charge in [-0.25, -0.2) is 0 Å². The molecular weight excluding hydrogens is 238 g/mol. The summed E-state index contributed by atoms with van der Waals surface area (Å²) in [4.78, 5) is 14.5. The number of aromatic nitrogens is 1. The van der Waals surface area contributed by atoms with Gasteiger partial charge in [-0.3, -0.25) is 4.79 Å². The van der Waals surface area contributed by atoms with Gasteiger partial charge in [-0.05, 0) is 18.3 Å². The number of pyridine rings is 1. The van der Waals surface area contributed by atoms with Crippen molar-refractivity contribution >= 4 is 5.91 Å². The lowest BCUT2D eigenvalue weighted by atomic mass is 9.75. The van der Waals surface area contributed by atoms with Crippen molar-refractivity contribution in [3.63, 3.8) is 0 Å². The van der Waals surface area contributed by atoms with E-state index in [-0.39, 0.29) is 23.0 Å². The molecule has 1 aliphatic rings. The van der Waals surface area contributed by atoms with Gasteiger partial charge in [0.25, 0.3) is 0 Å². The summed E-state index contributed by atoms with van der Waals surface area (Å²) in [6, 6.07) is 0.933. The third-order valence-corrected chi connectivity index (χ3v) is 3.73. The first-order valence-corrected chi connectivity index (χ1v) is 6.16. The zero-order valence-electron chi connectivity index (χ0n) is 10.2. The van der Waals surface area contributed by atoms with Crippen molar-refractivity contribution in [3.8, 4) is 0 Å². The number of nitrogens with two attached hydrogens (primary N) is 1. The Morgan fingerprint density at radius 2 is 2.06 bits per heavy atom. The average Bonchev–Trinajstić information content (AvgIpc) is 2.29. The number of primary amides is 1. The molecule has 0 bridgehead atoms. The molecule has 2 N–H and O–H groups in total. The van der Waals surface area contributed by atoms with Gasteiger partial charge < -0.3 is 5.73 Å². The van der Waals surface area contributed by atoms with E-state index < -0.39 is 17.8 Å². The summed E-state index contributed by atoms with van der Waals surface area (Å²) >= 11 is 0. The Morgan fingerprint density at radius 3 is 2.67 bits per heavy atom. The van der Waals surface area contributed by atoms with Crippen molar-refractivity contribution in [3.05, 3.63) is 29.1 Å². The third kappa shape index (κ3) is 2.35. The Bertz CT molecular complexity index is 476. The molecule has 2 rings (SSSR count). The Morgan fingerprint density at radius 1 is 1.39 bits per heavy atom. The summed E-state index contributed by atoms with van der Waals surface area (Å²) < 4.78 is 26.9. The van der Waals surface area contributed by atoms with Crippen LogP contribution in [0.15, 0.2) is 6.07 Å². The monoisotopic (exact) mass is 254 g/mol.